The van der Waals surface area contributed by atoms with Gasteiger partial charge in [-0.3, -0.25) is 9.48 Å². The lowest BCUT2D eigenvalue weighted by molar-refractivity contribution is -0.137. The zero-order valence-electron chi connectivity index (χ0n) is 15.4. The van der Waals surface area contributed by atoms with E-state index in [9.17, 15) is 4.79 Å². The van der Waals surface area contributed by atoms with E-state index in [1.165, 1.54) is 5.56 Å². The molecule has 1 aromatic carbocycles. The summed E-state index contributed by atoms with van der Waals surface area (Å²) < 4.78 is 12.8. The van der Waals surface area contributed by atoms with Crippen LogP contribution in [-0.2, 0) is 17.8 Å². The SMILES string of the molecule is Cc1cnn(CCN2CC(C)(Cc3ccc4c(c3)OCO4)CCC2=O)c1. The van der Waals surface area contributed by atoms with Gasteiger partial charge in [-0.1, -0.05) is 13.0 Å². The Morgan fingerprint density at radius 1 is 1.23 bits per heavy atom. The summed E-state index contributed by atoms with van der Waals surface area (Å²) in [4.78, 5) is 14.4. The number of hydrogen-bond donors (Lipinski definition) is 0. The maximum absolute atomic E-state index is 12.4. The topological polar surface area (TPSA) is 56.6 Å². The van der Waals surface area contributed by atoms with E-state index in [2.05, 4.69) is 24.2 Å². The van der Waals surface area contributed by atoms with Crippen molar-refractivity contribution in [3.63, 3.8) is 0 Å². The number of benzene rings is 1. The second kappa shape index (κ2) is 6.67. The monoisotopic (exact) mass is 355 g/mol. The van der Waals surface area contributed by atoms with Crippen LogP contribution < -0.4 is 9.47 Å². The van der Waals surface area contributed by atoms with E-state index >= 15 is 0 Å². The predicted octanol–water partition coefficient (Wildman–Crippen LogP) is 2.79. The lowest BCUT2D eigenvalue weighted by Crippen LogP contribution is -2.47. The highest BCUT2D eigenvalue weighted by Crippen LogP contribution is 2.37. The standard InChI is InChI=1S/C20H25N3O3/c1-15-11-21-23(12-15)8-7-22-13-20(2,6-5-19(22)24)10-16-3-4-17-18(9-16)26-14-25-17/h3-4,9,11-12H,5-8,10,13-14H2,1-2H3. The normalized spacial score (nSPS) is 22.1. The Labute approximate surface area is 153 Å². The van der Waals surface area contributed by atoms with Crippen LogP contribution in [0.2, 0.25) is 0 Å². The minimum absolute atomic E-state index is 0.0711. The molecule has 2 aromatic rings. The minimum Gasteiger partial charge on any atom is -0.454 e. The number of piperidine rings is 1. The van der Waals surface area contributed by atoms with Crippen molar-refractivity contribution in [3.8, 4) is 11.5 Å². The highest BCUT2D eigenvalue weighted by molar-refractivity contribution is 5.77. The van der Waals surface area contributed by atoms with Gasteiger partial charge in [0.25, 0.3) is 0 Å². The molecule has 0 radical (unpaired) electrons. The van der Waals surface area contributed by atoms with Gasteiger partial charge < -0.3 is 14.4 Å². The molecule has 6 heteroatoms. The van der Waals surface area contributed by atoms with E-state index < -0.39 is 0 Å². The van der Waals surface area contributed by atoms with E-state index in [-0.39, 0.29) is 11.3 Å². The van der Waals surface area contributed by atoms with Gasteiger partial charge in [-0.2, -0.15) is 5.10 Å². The molecule has 1 unspecified atom stereocenters. The van der Waals surface area contributed by atoms with Gasteiger partial charge in [-0.25, -0.2) is 0 Å². The Balaban J connectivity index is 1.41. The summed E-state index contributed by atoms with van der Waals surface area (Å²) in [5.74, 6) is 1.88. The quantitative estimate of drug-likeness (QED) is 0.828. The van der Waals surface area contributed by atoms with E-state index in [0.29, 0.717) is 19.8 Å². The zero-order chi connectivity index (χ0) is 18.1. The van der Waals surface area contributed by atoms with Gasteiger partial charge in [-0.15, -0.1) is 0 Å². The van der Waals surface area contributed by atoms with Crippen molar-refractivity contribution in [2.45, 2.75) is 39.7 Å². The fourth-order valence-corrected chi connectivity index (χ4v) is 3.90. The predicted molar refractivity (Wildman–Crippen MR) is 97.2 cm³/mol. The van der Waals surface area contributed by atoms with Crippen LogP contribution in [0.1, 0.15) is 30.9 Å². The van der Waals surface area contributed by atoms with Crippen molar-refractivity contribution >= 4 is 5.91 Å². The van der Waals surface area contributed by atoms with Crippen LogP contribution >= 0.6 is 0 Å². The Hall–Kier alpha value is -2.50. The molecule has 0 saturated carbocycles. The average molecular weight is 355 g/mol. The fraction of sp³-hybridized carbons (Fsp3) is 0.500. The number of rotatable bonds is 5. The molecular formula is C20H25N3O3. The molecule has 26 heavy (non-hydrogen) atoms. The molecule has 1 saturated heterocycles. The number of fused-ring (bicyclic) bond motifs is 1. The minimum atomic E-state index is 0.0711. The van der Waals surface area contributed by atoms with Crippen LogP contribution in [0.3, 0.4) is 0 Å². The second-order valence-corrected chi connectivity index (χ2v) is 7.77. The number of nitrogens with zero attached hydrogens (tertiary/aromatic N) is 3. The summed E-state index contributed by atoms with van der Waals surface area (Å²) >= 11 is 0. The summed E-state index contributed by atoms with van der Waals surface area (Å²) in [7, 11) is 0. The Bertz CT molecular complexity index is 816. The van der Waals surface area contributed by atoms with Gasteiger partial charge in [0.2, 0.25) is 12.7 Å². The van der Waals surface area contributed by atoms with Crippen LogP contribution in [0.15, 0.2) is 30.6 Å². The van der Waals surface area contributed by atoms with Crippen molar-refractivity contribution in [1.82, 2.24) is 14.7 Å². The molecule has 1 amide bonds. The van der Waals surface area contributed by atoms with Crippen molar-refractivity contribution in [3.05, 3.63) is 41.7 Å². The number of hydrogen-bond acceptors (Lipinski definition) is 4. The molecular weight excluding hydrogens is 330 g/mol. The van der Waals surface area contributed by atoms with Crippen LogP contribution in [0, 0.1) is 12.3 Å². The van der Waals surface area contributed by atoms with Crippen LogP contribution in [0.25, 0.3) is 0 Å². The van der Waals surface area contributed by atoms with Crippen molar-refractivity contribution in [2.24, 2.45) is 5.41 Å². The number of carbonyl (C=O) groups excluding carboxylic acids is 1. The zero-order valence-corrected chi connectivity index (χ0v) is 15.4. The molecule has 1 atom stereocenters. The number of carbonyl (C=O) groups is 1. The molecule has 3 heterocycles. The van der Waals surface area contributed by atoms with Crippen molar-refractivity contribution < 1.29 is 14.3 Å². The maximum atomic E-state index is 12.4. The first-order valence-corrected chi connectivity index (χ1v) is 9.16. The molecule has 2 aliphatic rings. The summed E-state index contributed by atoms with van der Waals surface area (Å²) in [6.07, 6.45) is 6.31. The number of amides is 1. The number of aromatic nitrogens is 2. The van der Waals surface area contributed by atoms with Gasteiger partial charge in [0.05, 0.1) is 12.7 Å². The lowest BCUT2D eigenvalue weighted by Gasteiger charge is -2.40. The highest BCUT2D eigenvalue weighted by atomic mass is 16.7. The molecule has 1 fully saturated rings. The van der Waals surface area contributed by atoms with E-state index in [4.69, 9.17) is 9.47 Å². The molecule has 6 nitrogen and oxygen atoms in total. The molecule has 4 rings (SSSR count). The first-order valence-electron chi connectivity index (χ1n) is 9.16. The Morgan fingerprint density at radius 3 is 2.88 bits per heavy atom. The smallest absolute Gasteiger partial charge is 0.231 e. The third kappa shape index (κ3) is 3.54. The Kier molecular flexibility index (Phi) is 4.34. The molecule has 0 bridgehead atoms. The van der Waals surface area contributed by atoms with Crippen LogP contribution in [-0.4, -0.2) is 40.5 Å². The summed E-state index contributed by atoms with van der Waals surface area (Å²) in [5, 5.41) is 4.32. The van der Waals surface area contributed by atoms with Gasteiger partial charge in [0, 0.05) is 25.7 Å². The third-order valence-electron chi connectivity index (χ3n) is 5.30. The van der Waals surface area contributed by atoms with Gasteiger partial charge in [0.15, 0.2) is 11.5 Å². The molecule has 0 N–H and O–H groups in total. The summed E-state index contributed by atoms with van der Waals surface area (Å²) in [6, 6.07) is 6.15. The second-order valence-electron chi connectivity index (χ2n) is 7.77. The average Bonchev–Trinajstić information content (AvgIpc) is 3.24. The first kappa shape index (κ1) is 16.9. The third-order valence-corrected chi connectivity index (χ3v) is 5.30. The molecule has 0 aliphatic carbocycles. The molecule has 138 valence electrons. The largest absolute Gasteiger partial charge is 0.454 e. The van der Waals surface area contributed by atoms with Crippen molar-refractivity contribution in [1.29, 1.82) is 0 Å². The fourth-order valence-electron chi connectivity index (χ4n) is 3.90. The Morgan fingerprint density at radius 2 is 2.08 bits per heavy atom. The van der Waals surface area contributed by atoms with Gasteiger partial charge in [-0.05, 0) is 48.4 Å². The van der Waals surface area contributed by atoms with E-state index in [1.54, 1.807) is 0 Å². The van der Waals surface area contributed by atoms with E-state index in [1.807, 2.05) is 35.0 Å². The van der Waals surface area contributed by atoms with Gasteiger partial charge >= 0.3 is 0 Å². The van der Waals surface area contributed by atoms with Gasteiger partial charge in [0.1, 0.15) is 0 Å². The highest BCUT2D eigenvalue weighted by Gasteiger charge is 2.35. The maximum Gasteiger partial charge on any atom is 0.231 e. The summed E-state index contributed by atoms with van der Waals surface area (Å²) in [5.41, 5.74) is 2.44. The molecule has 1 aromatic heterocycles. The van der Waals surface area contributed by atoms with Crippen LogP contribution in [0.5, 0.6) is 11.5 Å². The summed E-state index contributed by atoms with van der Waals surface area (Å²) in [6.45, 7) is 6.81. The number of aryl methyl sites for hydroxylation is 1. The van der Waals surface area contributed by atoms with E-state index in [0.717, 1.165) is 43.0 Å². The lowest BCUT2D eigenvalue weighted by atomic mass is 9.76. The molecule has 0 spiro atoms. The molecule has 2 aliphatic heterocycles. The first-order chi connectivity index (χ1) is 12.5. The van der Waals surface area contributed by atoms with Crippen LogP contribution in [0.4, 0.5) is 0 Å². The number of ether oxygens (including phenoxy) is 2. The number of likely N-dealkylation sites (tertiary alicyclic amines) is 1. The van der Waals surface area contributed by atoms with Crippen molar-refractivity contribution in [2.75, 3.05) is 19.9 Å².